The predicted octanol–water partition coefficient (Wildman–Crippen LogP) is 2.03. The van der Waals surface area contributed by atoms with E-state index in [1.54, 1.807) is 30.3 Å². The Morgan fingerprint density at radius 1 is 1.08 bits per heavy atom. The number of benzene rings is 2. The number of nitrogens with two attached hydrogens (primary N) is 1. The lowest BCUT2D eigenvalue weighted by Crippen LogP contribution is -2.34. The standard InChI is InChI=1S/C16H16F2N2O3S/c17-13-6-7-15(14(18)10-13)24(22,23)20(9-8-16(19)21)11-12-4-2-1-3-5-12/h1-7,10H,8-9,11H2,(H2,19,21). The molecule has 0 atom stereocenters. The van der Waals surface area contributed by atoms with Crippen molar-refractivity contribution in [2.75, 3.05) is 6.54 Å². The van der Waals surface area contributed by atoms with Gasteiger partial charge in [-0.2, -0.15) is 4.31 Å². The number of nitrogens with zero attached hydrogens (tertiary/aromatic N) is 1. The maximum atomic E-state index is 13.9. The van der Waals surface area contributed by atoms with Crippen molar-refractivity contribution in [3.63, 3.8) is 0 Å². The molecule has 0 fully saturated rings. The fourth-order valence-corrected chi connectivity index (χ4v) is 3.60. The monoisotopic (exact) mass is 354 g/mol. The molecule has 2 aromatic rings. The minimum atomic E-state index is -4.26. The number of carbonyl (C=O) groups excluding carboxylic acids is 1. The van der Waals surface area contributed by atoms with E-state index in [0.29, 0.717) is 11.6 Å². The number of halogens is 2. The molecule has 128 valence electrons. The number of hydrogen-bond donors (Lipinski definition) is 1. The first-order valence-corrected chi connectivity index (χ1v) is 8.52. The van der Waals surface area contributed by atoms with Gasteiger partial charge in [0.15, 0.2) is 0 Å². The Labute approximate surface area is 138 Å². The van der Waals surface area contributed by atoms with Gasteiger partial charge in [-0.3, -0.25) is 4.79 Å². The number of sulfonamides is 1. The molecule has 0 unspecified atom stereocenters. The highest BCUT2D eigenvalue weighted by molar-refractivity contribution is 7.89. The minimum absolute atomic E-state index is 0.0622. The normalized spacial score (nSPS) is 11.6. The molecule has 0 saturated heterocycles. The van der Waals surface area contributed by atoms with Crippen molar-refractivity contribution in [1.82, 2.24) is 4.31 Å². The van der Waals surface area contributed by atoms with Gasteiger partial charge < -0.3 is 5.73 Å². The van der Waals surface area contributed by atoms with E-state index >= 15 is 0 Å². The van der Waals surface area contributed by atoms with Crippen LogP contribution in [0.3, 0.4) is 0 Å². The van der Waals surface area contributed by atoms with Crippen LogP contribution in [0.5, 0.6) is 0 Å². The molecule has 0 saturated carbocycles. The maximum Gasteiger partial charge on any atom is 0.246 e. The number of hydrogen-bond acceptors (Lipinski definition) is 3. The van der Waals surface area contributed by atoms with E-state index in [-0.39, 0.29) is 19.5 Å². The van der Waals surface area contributed by atoms with Crippen LogP contribution in [0.25, 0.3) is 0 Å². The van der Waals surface area contributed by atoms with Crippen LogP contribution in [-0.4, -0.2) is 25.2 Å². The van der Waals surface area contributed by atoms with Gasteiger partial charge in [0.05, 0.1) is 0 Å². The second-order valence-electron chi connectivity index (χ2n) is 5.12. The summed E-state index contributed by atoms with van der Waals surface area (Å²) in [5.74, 6) is -2.74. The van der Waals surface area contributed by atoms with Crippen molar-refractivity contribution >= 4 is 15.9 Å². The zero-order valence-electron chi connectivity index (χ0n) is 12.7. The lowest BCUT2D eigenvalue weighted by atomic mass is 10.2. The minimum Gasteiger partial charge on any atom is -0.370 e. The molecule has 2 rings (SSSR count). The van der Waals surface area contributed by atoms with Crippen LogP contribution < -0.4 is 5.73 Å². The molecule has 24 heavy (non-hydrogen) atoms. The molecule has 0 aliphatic heterocycles. The van der Waals surface area contributed by atoms with Gasteiger partial charge >= 0.3 is 0 Å². The van der Waals surface area contributed by atoms with Crippen LogP contribution in [0.2, 0.25) is 0 Å². The first-order chi connectivity index (χ1) is 11.3. The van der Waals surface area contributed by atoms with Crippen LogP contribution in [0.1, 0.15) is 12.0 Å². The number of rotatable bonds is 7. The van der Waals surface area contributed by atoms with Crippen molar-refractivity contribution in [2.45, 2.75) is 17.9 Å². The highest BCUT2D eigenvalue weighted by Gasteiger charge is 2.28. The Bertz CT molecular complexity index is 826. The van der Waals surface area contributed by atoms with Crippen LogP contribution in [0, 0.1) is 11.6 Å². The Hall–Kier alpha value is -2.32. The van der Waals surface area contributed by atoms with Crippen molar-refractivity contribution in [3.8, 4) is 0 Å². The molecule has 0 radical (unpaired) electrons. The summed E-state index contributed by atoms with van der Waals surface area (Å²) in [7, 11) is -4.26. The van der Waals surface area contributed by atoms with Crippen LogP contribution in [-0.2, 0) is 21.4 Å². The first kappa shape index (κ1) is 18.0. The molecule has 8 heteroatoms. The van der Waals surface area contributed by atoms with Gasteiger partial charge in [-0.05, 0) is 17.7 Å². The molecule has 0 bridgehead atoms. The van der Waals surface area contributed by atoms with Gasteiger partial charge in [-0.1, -0.05) is 30.3 Å². The van der Waals surface area contributed by atoms with E-state index in [9.17, 15) is 22.0 Å². The van der Waals surface area contributed by atoms with E-state index in [4.69, 9.17) is 5.73 Å². The molecule has 5 nitrogen and oxygen atoms in total. The van der Waals surface area contributed by atoms with E-state index in [1.807, 2.05) is 0 Å². The molecular formula is C16H16F2N2O3S. The molecule has 0 spiro atoms. The molecule has 2 aromatic carbocycles. The summed E-state index contributed by atoms with van der Waals surface area (Å²) in [4.78, 5) is 10.4. The van der Waals surface area contributed by atoms with E-state index in [2.05, 4.69) is 0 Å². The highest BCUT2D eigenvalue weighted by atomic mass is 32.2. The summed E-state index contributed by atoms with van der Waals surface area (Å²) in [6, 6.07) is 10.9. The zero-order chi connectivity index (χ0) is 17.7. The van der Waals surface area contributed by atoms with Crippen molar-refractivity contribution in [3.05, 3.63) is 65.7 Å². The fourth-order valence-electron chi connectivity index (χ4n) is 2.13. The summed E-state index contributed by atoms with van der Waals surface area (Å²) < 4.78 is 53.3. The van der Waals surface area contributed by atoms with Crippen molar-refractivity contribution in [2.24, 2.45) is 5.73 Å². The average Bonchev–Trinajstić information content (AvgIpc) is 2.51. The lowest BCUT2D eigenvalue weighted by Gasteiger charge is -2.22. The molecule has 2 N–H and O–H groups in total. The molecule has 0 aliphatic rings. The smallest absolute Gasteiger partial charge is 0.246 e. The second-order valence-corrected chi connectivity index (χ2v) is 7.02. The summed E-state index contributed by atoms with van der Waals surface area (Å²) >= 11 is 0. The fraction of sp³-hybridized carbons (Fsp3) is 0.188. The average molecular weight is 354 g/mol. The Kier molecular flexibility index (Phi) is 5.63. The number of carbonyl (C=O) groups is 1. The van der Waals surface area contributed by atoms with Crippen LogP contribution in [0.15, 0.2) is 53.4 Å². The van der Waals surface area contributed by atoms with Crippen molar-refractivity contribution < 1.29 is 22.0 Å². The third kappa shape index (κ3) is 4.36. The van der Waals surface area contributed by atoms with Gasteiger partial charge in [-0.25, -0.2) is 17.2 Å². The quantitative estimate of drug-likeness (QED) is 0.826. The maximum absolute atomic E-state index is 13.9. The summed E-state index contributed by atoms with van der Waals surface area (Å²) in [5.41, 5.74) is 5.74. The second kappa shape index (κ2) is 7.50. The third-order valence-electron chi connectivity index (χ3n) is 3.32. The molecular weight excluding hydrogens is 338 g/mol. The van der Waals surface area contributed by atoms with Gasteiger partial charge in [0.2, 0.25) is 15.9 Å². The topological polar surface area (TPSA) is 80.5 Å². The van der Waals surface area contributed by atoms with Gasteiger partial charge in [-0.15, -0.1) is 0 Å². The van der Waals surface area contributed by atoms with Crippen molar-refractivity contribution in [1.29, 1.82) is 0 Å². The van der Waals surface area contributed by atoms with Crippen LogP contribution >= 0.6 is 0 Å². The largest absolute Gasteiger partial charge is 0.370 e. The van der Waals surface area contributed by atoms with Gasteiger partial charge in [0.1, 0.15) is 16.5 Å². The lowest BCUT2D eigenvalue weighted by molar-refractivity contribution is -0.118. The molecule has 1 amide bonds. The zero-order valence-corrected chi connectivity index (χ0v) is 13.5. The Balaban J connectivity index is 2.38. The molecule has 0 heterocycles. The predicted molar refractivity (Wildman–Crippen MR) is 84.2 cm³/mol. The molecule has 0 aliphatic carbocycles. The van der Waals surface area contributed by atoms with Gasteiger partial charge in [0, 0.05) is 25.6 Å². The van der Waals surface area contributed by atoms with E-state index in [0.717, 1.165) is 16.4 Å². The summed E-state index contributed by atoms with van der Waals surface area (Å²) in [6.07, 6.45) is -0.213. The number of amides is 1. The Morgan fingerprint density at radius 2 is 1.75 bits per heavy atom. The Morgan fingerprint density at radius 3 is 2.33 bits per heavy atom. The van der Waals surface area contributed by atoms with E-state index < -0.39 is 32.5 Å². The molecule has 0 aromatic heterocycles. The number of primary amides is 1. The third-order valence-corrected chi connectivity index (χ3v) is 5.20. The van der Waals surface area contributed by atoms with Crippen LogP contribution in [0.4, 0.5) is 8.78 Å². The summed E-state index contributed by atoms with van der Waals surface area (Å²) in [6.45, 7) is -0.267. The highest BCUT2D eigenvalue weighted by Crippen LogP contribution is 2.22. The first-order valence-electron chi connectivity index (χ1n) is 7.08. The summed E-state index contributed by atoms with van der Waals surface area (Å²) in [5, 5.41) is 0. The van der Waals surface area contributed by atoms with Gasteiger partial charge in [0.25, 0.3) is 0 Å². The van der Waals surface area contributed by atoms with E-state index in [1.165, 1.54) is 0 Å². The SMILES string of the molecule is NC(=O)CCN(Cc1ccccc1)S(=O)(=O)c1ccc(F)cc1F.